The number of aryl methyl sites for hydroxylation is 1. The molecular weight excluding hydrogens is 426 g/mol. The fraction of sp³-hybridized carbons (Fsp3) is 0.200. The largest absolute Gasteiger partial charge is 0.507 e. The first-order valence-electron chi connectivity index (χ1n) is 10.0. The van der Waals surface area contributed by atoms with Crippen LogP contribution in [-0.2, 0) is 16.1 Å². The number of carbonyl (C=O) groups excluding carboxylic acids is 2. The summed E-state index contributed by atoms with van der Waals surface area (Å²) in [6.45, 7) is 2.12. The first-order chi connectivity index (χ1) is 15.4. The highest BCUT2D eigenvalue weighted by Crippen LogP contribution is 2.41. The average molecular weight is 450 g/mol. The van der Waals surface area contributed by atoms with Crippen molar-refractivity contribution < 1.29 is 24.2 Å². The van der Waals surface area contributed by atoms with Gasteiger partial charge < -0.3 is 19.5 Å². The summed E-state index contributed by atoms with van der Waals surface area (Å²) in [5.74, 6) is -0.289. The van der Waals surface area contributed by atoms with Crippen LogP contribution in [0, 0.1) is 6.92 Å². The van der Waals surface area contributed by atoms with Crippen molar-refractivity contribution in [3.8, 4) is 11.5 Å². The maximum atomic E-state index is 13.1. The van der Waals surface area contributed by atoms with Crippen LogP contribution in [0.4, 0.5) is 0 Å². The van der Waals surface area contributed by atoms with E-state index < -0.39 is 17.7 Å². The summed E-state index contributed by atoms with van der Waals surface area (Å²) in [7, 11) is 3.13. The number of ether oxygens (including phenoxy) is 2. The fourth-order valence-corrected chi connectivity index (χ4v) is 4.66. The van der Waals surface area contributed by atoms with E-state index in [4.69, 9.17) is 9.47 Å². The van der Waals surface area contributed by atoms with Crippen LogP contribution in [0.2, 0.25) is 0 Å². The Morgan fingerprint density at radius 3 is 2.53 bits per heavy atom. The number of thiophene rings is 1. The SMILES string of the molecule is COc1cccc(C2/C(=C(/O)c3ccc(OC)c(C)c3)C(=O)C(=O)N2Cc2cccs2)c1. The second kappa shape index (κ2) is 8.88. The number of ketones is 1. The monoisotopic (exact) mass is 449 g/mol. The van der Waals surface area contributed by atoms with Gasteiger partial charge in [0.05, 0.1) is 32.4 Å². The Hall–Kier alpha value is -3.58. The Morgan fingerprint density at radius 1 is 1.06 bits per heavy atom. The topological polar surface area (TPSA) is 76.1 Å². The Balaban J connectivity index is 1.88. The van der Waals surface area contributed by atoms with Gasteiger partial charge in [0.15, 0.2) is 0 Å². The van der Waals surface area contributed by atoms with Gasteiger partial charge in [0.25, 0.3) is 11.7 Å². The second-order valence-corrected chi connectivity index (χ2v) is 8.50. The summed E-state index contributed by atoms with van der Waals surface area (Å²) < 4.78 is 10.6. The zero-order valence-corrected chi connectivity index (χ0v) is 18.8. The summed E-state index contributed by atoms with van der Waals surface area (Å²) in [6.07, 6.45) is 0. The van der Waals surface area contributed by atoms with E-state index in [1.54, 1.807) is 50.6 Å². The summed E-state index contributed by atoms with van der Waals surface area (Å²) in [5.41, 5.74) is 2.00. The molecule has 1 atom stereocenters. The highest BCUT2D eigenvalue weighted by molar-refractivity contribution is 7.09. The normalized spacial score (nSPS) is 17.6. The highest BCUT2D eigenvalue weighted by Gasteiger charge is 2.46. The van der Waals surface area contributed by atoms with E-state index in [2.05, 4.69) is 0 Å². The number of hydrogen-bond donors (Lipinski definition) is 1. The fourth-order valence-electron chi connectivity index (χ4n) is 3.95. The number of Topliss-reactive ketones (excluding diaryl/α,β-unsaturated/α-hetero) is 1. The molecule has 1 aliphatic heterocycles. The second-order valence-electron chi connectivity index (χ2n) is 7.47. The van der Waals surface area contributed by atoms with Crippen molar-refractivity contribution in [2.24, 2.45) is 0 Å². The molecule has 6 nitrogen and oxygen atoms in total. The van der Waals surface area contributed by atoms with Crippen LogP contribution in [0.3, 0.4) is 0 Å². The molecule has 3 aromatic rings. The Bertz CT molecular complexity index is 1200. The first-order valence-corrected chi connectivity index (χ1v) is 10.9. The van der Waals surface area contributed by atoms with E-state index in [9.17, 15) is 14.7 Å². The third kappa shape index (κ3) is 3.87. The third-order valence-electron chi connectivity index (χ3n) is 5.52. The van der Waals surface area contributed by atoms with E-state index in [1.165, 1.54) is 16.2 Å². The lowest BCUT2D eigenvalue weighted by Crippen LogP contribution is -2.28. The molecule has 0 radical (unpaired) electrons. The summed E-state index contributed by atoms with van der Waals surface area (Å²) in [5, 5.41) is 13.1. The van der Waals surface area contributed by atoms with Gasteiger partial charge in [-0.15, -0.1) is 11.3 Å². The van der Waals surface area contributed by atoms with Crippen molar-refractivity contribution in [3.05, 3.63) is 87.1 Å². The number of benzene rings is 2. The Morgan fingerprint density at radius 2 is 1.88 bits per heavy atom. The molecule has 164 valence electrons. The predicted octanol–water partition coefficient (Wildman–Crippen LogP) is 4.70. The number of nitrogens with zero attached hydrogens (tertiary/aromatic N) is 1. The van der Waals surface area contributed by atoms with Crippen LogP contribution in [0.5, 0.6) is 11.5 Å². The summed E-state index contributed by atoms with van der Waals surface area (Å²) in [4.78, 5) is 28.7. The molecule has 1 amide bonds. The van der Waals surface area contributed by atoms with E-state index in [0.29, 0.717) is 22.6 Å². The molecule has 2 aromatic carbocycles. The number of carbonyl (C=O) groups is 2. The number of aliphatic hydroxyl groups is 1. The molecule has 1 saturated heterocycles. The molecular formula is C25H23NO5S. The molecule has 7 heteroatoms. The lowest BCUT2D eigenvalue weighted by atomic mass is 9.94. The zero-order chi connectivity index (χ0) is 22.8. The van der Waals surface area contributed by atoms with Crippen molar-refractivity contribution in [2.45, 2.75) is 19.5 Å². The van der Waals surface area contributed by atoms with Crippen molar-refractivity contribution in [1.82, 2.24) is 4.90 Å². The average Bonchev–Trinajstić information content (AvgIpc) is 3.41. The maximum Gasteiger partial charge on any atom is 0.295 e. The molecule has 0 saturated carbocycles. The Labute approximate surface area is 190 Å². The van der Waals surface area contributed by atoms with Crippen LogP contribution in [0.1, 0.15) is 27.6 Å². The standard InChI is InChI=1S/C25H23NO5S/c1-15-12-17(9-10-20(15)31-3)23(27)21-22(16-6-4-7-18(13-16)30-2)26(25(29)24(21)28)14-19-8-5-11-32-19/h4-13,22,27H,14H2,1-3H3/b23-21-. The summed E-state index contributed by atoms with van der Waals surface area (Å²) >= 11 is 1.51. The zero-order valence-electron chi connectivity index (χ0n) is 18.0. The van der Waals surface area contributed by atoms with Gasteiger partial charge in [-0.2, -0.15) is 0 Å². The Kier molecular flexibility index (Phi) is 6.01. The molecule has 1 N–H and O–H groups in total. The van der Waals surface area contributed by atoms with E-state index in [1.807, 2.05) is 30.5 Å². The van der Waals surface area contributed by atoms with Gasteiger partial charge in [-0.05, 0) is 59.8 Å². The first kappa shape index (κ1) is 21.6. The minimum Gasteiger partial charge on any atom is -0.507 e. The minimum absolute atomic E-state index is 0.0596. The number of hydrogen-bond acceptors (Lipinski definition) is 6. The predicted molar refractivity (Wildman–Crippen MR) is 123 cm³/mol. The van der Waals surface area contributed by atoms with Gasteiger partial charge in [-0.1, -0.05) is 18.2 Å². The van der Waals surface area contributed by atoms with Crippen LogP contribution in [0.15, 0.2) is 65.6 Å². The van der Waals surface area contributed by atoms with Crippen LogP contribution in [-0.4, -0.2) is 35.9 Å². The number of likely N-dealkylation sites (tertiary alicyclic amines) is 1. The van der Waals surface area contributed by atoms with Crippen molar-refractivity contribution in [2.75, 3.05) is 14.2 Å². The van der Waals surface area contributed by atoms with Crippen LogP contribution < -0.4 is 9.47 Å². The third-order valence-corrected chi connectivity index (χ3v) is 6.39. The molecule has 0 aliphatic carbocycles. The number of rotatable bonds is 6. The smallest absolute Gasteiger partial charge is 0.295 e. The van der Waals surface area contributed by atoms with Crippen molar-refractivity contribution in [3.63, 3.8) is 0 Å². The molecule has 1 aromatic heterocycles. The molecule has 2 heterocycles. The molecule has 0 bridgehead atoms. The maximum absolute atomic E-state index is 13.1. The number of amides is 1. The van der Waals surface area contributed by atoms with Gasteiger partial charge >= 0.3 is 0 Å². The molecule has 0 spiro atoms. The molecule has 1 unspecified atom stereocenters. The lowest BCUT2D eigenvalue weighted by Gasteiger charge is -2.25. The van der Waals surface area contributed by atoms with E-state index >= 15 is 0 Å². The van der Waals surface area contributed by atoms with Gasteiger partial charge in [0.1, 0.15) is 17.3 Å². The van der Waals surface area contributed by atoms with Gasteiger partial charge in [0.2, 0.25) is 0 Å². The number of methoxy groups -OCH3 is 2. The van der Waals surface area contributed by atoms with Crippen LogP contribution >= 0.6 is 11.3 Å². The van der Waals surface area contributed by atoms with Crippen molar-refractivity contribution in [1.29, 1.82) is 0 Å². The van der Waals surface area contributed by atoms with Gasteiger partial charge in [0, 0.05) is 10.4 Å². The summed E-state index contributed by atoms with van der Waals surface area (Å²) in [6, 6.07) is 15.4. The molecule has 1 fully saturated rings. The number of aliphatic hydroxyl groups excluding tert-OH is 1. The molecule has 4 rings (SSSR count). The highest BCUT2D eigenvalue weighted by atomic mass is 32.1. The minimum atomic E-state index is -0.741. The van der Waals surface area contributed by atoms with Gasteiger partial charge in [-0.3, -0.25) is 9.59 Å². The molecule has 1 aliphatic rings. The van der Waals surface area contributed by atoms with Crippen molar-refractivity contribution >= 4 is 28.8 Å². The lowest BCUT2D eigenvalue weighted by molar-refractivity contribution is -0.140. The van der Waals surface area contributed by atoms with E-state index in [-0.39, 0.29) is 17.9 Å². The molecule has 32 heavy (non-hydrogen) atoms. The van der Waals surface area contributed by atoms with E-state index in [0.717, 1.165) is 10.4 Å². The quantitative estimate of drug-likeness (QED) is 0.336. The van der Waals surface area contributed by atoms with Gasteiger partial charge in [-0.25, -0.2) is 0 Å². The van der Waals surface area contributed by atoms with Crippen LogP contribution in [0.25, 0.3) is 5.76 Å².